The summed E-state index contributed by atoms with van der Waals surface area (Å²) in [4.78, 5) is 44.3. The first-order chi connectivity index (χ1) is 23.8. The summed E-state index contributed by atoms with van der Waals surface area (Å²) >= 11 is 12.3. The van der Waals surface area contributed by atoms with E-state index in [0.717, 1.165) is 49.6 Å². The lowest BCUT2D eigenvalue weighted by Crippen LogP contribution is -2.51. The molecule has 49 heavy (non-hydrogen) atoms. The van der Waals surface area contributed by atoms with Gasteiger partial charge in [0.15, 0.2) is 0 Å². The van der Waals surface area contributed by atoms with Gasteiger partial charge in [-0.05, 0) is 49.2 Å². The standard InChI is InChI=1S/C24H24Cl2N4O2.C11H19N3O3/c1-4-31-23-19(14-27-24(29-23)32-5-2)22-28-20(15-6-10-17(25)11-7-15)21(30(22)3)16-8-12-18(26)13-9-16;15-10-13-3-1-12(2-4-13)9-11(16)14-5-7-17-8-6-14/h6-14,20-21H,4-5H2,1-3H3;10H,1-9H2. The van der Waals surface area contributed by atoms with Gasteiger partial charge in [-0.15, -0.1) is 0 Å². The summed E-state index contributed by atoms with van der Waals surface area (Å²) in [5.74, 6) is 1.37. The lowest BCUT2D eigenvalue weighted by Gasteiger charge is -2.34. The van der Waals surface area contributed by atoms with Crippen molar-refractivity contribution in [3.63, 3.8) is 0 Å². The van der Waals surface area contributed by atoms with Gasteiger partial charge in [-0.2, -0.15) is 4.98 Å². The average Bonchev–Trinajstić information content (AvgIpc) is 3.46. The number of nitrogens with zero attached hydrogens (tertiary/aromatic N) is 7. The molecule has 2 atom stereocenters. The Morgan fingerprint density at radius 2 is 1.51 bits per heavy atom. The van der Waals surface area contributed by atoms with Gasteiger partial charge < -0.3 is 28.9 Å². The number of piperazine rings is 1. The normalized spacial score (nSPS) is 19.5. The number of halogens is 2. The van der Waals surface area contributed by atoms with Crippen LogP contribution in [0.1, 0.15) is 42.6 Å². The fraction of sp³-hybridized carbons (Fsp3) is 0.457. The summed E-state index contributed by atoms with van der Waals surface area (Å²) in [6.45, 7) is 10.9. The Bertz CT molecular complexity index is 1560. The van der Waals surface area contributed by atoms with Gasteiger partial charge in [-0.25, -0.2) is 4.98 Å². The predicted molar refractivity (Wildman–Crippen MR) is 189 cm³/mol. The van der Waals surface area contributed by atoms with Crippen molar-refractivity contribution in [3.05, 3.63) is 81.5 Å². The Balaban J connectivity index is 0.000000232. The van der Waals surface area contributed by atoms with E-state index in [1.165, 1.54) is 0 Å². The first-order valence-corrected chi connectivity index (χ1v) is 17.3. The van der Waals surface area contributed by atoms with Gasteiger partial charge in [-0.1, -0.05) is 47.5 Å². The largest absolute Gasteiger partial charge is 0.477 e. The minimum absolute atomic E-state index is 0.0514. The molecule has 0 aliphatic carbocycles. The molecule has 2 aromatic carbocycles. The van der Waals surface area contributed by atoms with Crippen molar-refractivity contribution in [3.8, 4) is 11.9 Å². The summed E-state index contributed by atoms with van der Waals surface area (Å²) in [5.41, 5.74) is 2.87. The fourth-order valence-corrected chi connectivity index (χ4v) is 6.21. The molecule has 2 amide bonds. The molecule has 3 aliphatic rings. The van der Waals surface area contributed by atoms with Crippen molar-refractivity contribution in [2.75, 3.05) is 79.3 Å². The molecule has 3 aliphatic heterocycles. The van der Waals surface area contributed by atoms with Gasteiger partial charge in [0.25, 0.3) is 0 Å². The van der Waals surface area contributed by atoms with Gasteiger partial charge in [0.05, 0.1) is 44.6 Å². The SMILES string of the molecule is CCOc1ncc(C2=NC(c3ccc(Cl)cc3)C(c3ccc(Cl)cc3)N2C)c(OCC)n1.O=CN1CCN(CC(=O)N2CCOCC2)CC1. The Kier molecular flexibility index (Phi) is 13.1. The first kappa shape index (κ1) is 36.3. The van der Waals surface area contributed by atoms with Crippen molar-refractivity contribution in [1.29, 1.82) is 0 Å². The topological polar surface area (TPSA) is 113 Å². The number of amidine groups is 1. The van der Waals surface area contributed by atoms with Gasteiger partial charge in [-0.3, -0.25) is 19.5 Å². The summed E-state index contributed by atoms with van der Waals surface area (Å²) in [6, 6.07) is 15.7. The van der Waals surface area contributed by atoms with Gasteiger partial charge in [0.1, 0.15) is 11.9 Å². The number of morpholine rings is 1. The second-order valence-corrected chi connectivity index (χ2v) is 12.6. The molecule has 14 heteroatoms. The van der Waals surface area contributed by atoms with E-state index in [9.17, 15) is 9.59 Å². The van der Waals surface area contributed by atoms with Gasteiger partial charge >= 0.3 is 6.01 Å². The minimum atomic E-state index is -0.158. The van der Waals surface area contributed by atoms with Crippen molar-refractivity contribution >= 4 is 41.4 Å². The third-order valence-electron chi connectivity index (χ3n) is 8.54. The van der Waals surface area contributed by atoms with Crippen LogP contribution in [0.25, 0.3) is 0 Å². The maximum Gasteiger partial charge on any atom is 0.319 e. The smallest absolute Gasteiger partial charge is 0.319 e. The van der Waals surface area contributed by atoms with Gasteiger partial charge in [0.2, 0.25) is 18.2 Å². The number of carbonyl (C=O) groups excluding carboxylic acids is 2. The summed E-state index contributed by atoms with van der Waals surface area (Å²) in [7, 11) is 2.01. The fourth-order valence-electron chi connectivity index (χ4n) is 5.96. The van der Waals surface area contributed by atoms with Crippen LogP contribution in [0.5, 0.6) is 11.9 Å². The molecule has 0 radical (unpaired) electrons. The zero-order valence-corrected chi connectivity index (χ0v) is 29.6. The van der Waals surface area contributed by atoms with Crippen molar-refractivity contribution in [2.24, 2.45) is 4.99 Å². The number of carbonyl (C=O) groups is 2. The second-order valence-electron chi connectivity index (χ2n) is 11.7. The van der Waals surface area contributed by atoms with E-state index in [0.29, 0.717) is 67.6 Å². The third-order valence-corrected chi connectivity index (χ3v) is 9.04. The number of benzene rings is 2. The molecule has 0 saturated carbocycles. The molecule has 3 aromatic rings. The highest BCUT2D eigenvalue weighted by Crippen LogP contribution is 2.43. The molecule has 2 saturated heterocycles. The highest BCUT2D eigenvalue weighted by atomic mass is 35.5. The van der Waals surface area contributed by atoms with E-state index >= 15 is 0 Å². The molecular formula is C35H43Cl2N7O5. The molecule has 0 spiro atoms. The van der Waals surface area contributed by atoms with E-state index in [1.807, 2.05) is 74.3 Å². The van der Waals surface area contributed by atoms with Crippen molar-refractivity contribution < 1.29 is 23.8 Å². The van der Waals surface area contributed by atoms with Crippen LogP contribution in [0.2, 0.25) is 10.0 Å². The number of ether oxygens (including phenoxy) is 3. The molecule has 262 valence electrons. The lowest BCUT2D eigenvalue weighted by molar-refractivity contribution is -0.137. The number of amides is 2. The van der Waals surface area contributed by atoms with E-state index < -0.39 is 0 Å². The zero-order valence-electron chi connectivity index (χ0n) is 28.1. The molecule has 4 heterocycles. The van der Waals surface area contributed by atoms with E-state index in [2.05, 4.69) is 19.8 Å². The van der Waals surface area contributed by atoms with Crippen LogP contribution in [0.3, 0.4) is 0 Å². The van der Waals surface area contributed by atoms with Crippen LogP contribution in [-0.4, -0.2) is 127 Å². The van der Waals surface area contributed by atoms with Crippen LogP contribution in [0.15, 0.2) is 59.7 Å². The molecule has 2 fully saturated rings. The van der Waals surface area contributed by atoms with Crippen molar-refractivity contribution in [2.45, 2.75) is 25.9 Å². The molecule has 0 N–H and O–H groups in total. The first-order valence-electron chi connectivity index (χ1n) is 16.5. The highest BCUT2D eigenvalue weighted by Gasteiger charge is 2.38. The third kappa shape index (κ3) is 9.39. The molecule has 6 rings (SSSR count). The number of rotatable bonds is 10. The molecular weight excluding hydrogens is 669 g/mol. The average molecular weight is 713 g/mol. The monoisotopic (exact) mass is 711 g/mol. The Hall–Kier alpha value is -3.97. The number of hydrogen-bond donors (Lipinski definition) is 0. The maximum absolute atomic E-state index is 12.0. The number of aromatic nitrogens is 2. The van der Waals surface area contributed by atoms with Gasteiger partial charge in [0, 0.05) is 62.6 Å². The second kappa shape index (κ2) is 17.6. The maximum atomic E-state index is 12.0. The molecule has 1 aromatic heterocycles. The predicted octanol–water partition coefficient (Wildman–Crippen LogP) is 4.37. The quantitative estimate of drug-likeness (QED) is 0.283. The zero-order chi connectivity index (χ0) is 34.8. The van der Waals surface area contributed by atoms with E-state index in [-0.39, 0.29) is 24.0 Å². The van der Waals surface area contributed by atoms with Crippen LogP contribution in [-0.2, 0) is 14.3 Å². The number of hydrogen-bond acceptors (Lipinski definition) is 10. The van der Waals surface area contributed by atoms with Crippen LogP contribution in [0.4, 0.5) is 0 Å². The molecule has 0 bridgehead atoms. The Labute approximate surface area is 297 Å². The Morgan fingerprint density at radius 3 is 2.10 bits per heavy atom. The lowest BCUT2D eigenvalue weighted by atomic mass is 9.94. The number of aliphatic imine (C=N–C) groups is 1. The minimum Gasteiger partial charge on any atom is -0.477 e. The van der Waals surface area contributed by atoms with Crippen LogP contribution in [0, 0.1) is 0 Å². The highest BCUT2D eigenvalue weighted by molar-refractivity contribution is 6.30. The number of likely N-dealkylation sites (N-methyl/N-ethyl adjacent to an activating group) is 1. The molecule has 2 unspecified atom stereocenters. The Morgan fingerprint density at radius 1 is 0.898 bits per heavy atom. The van der Waals surface area contributed by atoms with Crippen LogP contribution >= 0.6 is 23.2 Å². The van der Waals surface area contributed by atoms with Crippen LogP contribution < -0.4 is 9.47 Å². The summed E-state index contributed by atoms with van der Waals surface area (Å²) in [5, 5.41) is 1.38. The van der Waals surface area contributed by atoms with E-state index in [4.69, 9.17) is 42.4 Å². The van der Waals surface area contributed by atoms with E-state index in [1.54, 1.807) is 11.1 Å². The van der Waals surface area contributed by atoms with Crippen molar-refractivity contribution in [1.82, 2.24) is 29.6 Å². The molecule has 12 nitrogen and oxygen atoms in total. The summed E-state index contributed by atoms with van der Waals surface area (Å²) in [6.07, 6.45) is 2.59. The summed E-state index contributed by atoms with van der Waals surface area (Å²) < 4.78 is 16.5.